The van der Waals surface area contributed by atoms with Gasteiger partial charge in [-0.2, -0.15) is 0 Å². The minimum Gasteiger partial charge on any atom is -0.377 e. The predicted molar refractivity (Wildman–Crippen MR) is 91.1 cm³/mol. The van der Waals surface area contributed by atoms with E-state index in [1.807, 2.05) is 6.07 Å². The van der Waals surface area contributed by atoms with E-state index in [4.69, 9.17) is 4.74 Å². The molecule has 24 heavy (non-hydrogen) atoms. The van der Waals surface area contributed by atoms with Gasteiger partial charge in [0.25, 0.3) is 0 Å². The van der Waals surface area contributed by atoms with E-state index in [1.54, 1.807) is 13.0 Å². The van der Waals surface area contributed by atoms with Gasteiger partial charge < -0.3 is 15.0 Å². The lowest BCUT2D eigenvalue weighted by atomic mass is 9.84. The van der Waals surface area contributed by atoms with Crippen LogP contribution in [-0.4, -0.2) is 43.7 Å². The van der Waals surface area contributed by atoms with Crippen molar-refractivity contribution in [2.45, 2.75) is 38.8 Å². The van der Waals surface area contributed by atoms with Gasteiger partial charge in [0.15, 0.2) is 0 Å². The summed E-state index contributed by atoms with van der Waals surface area (Å²) in [4.78, 5) is 14.9. The average molecular weight is 334 g/mol. The molecule has 5 heteroatoms. The van der Waals surface area contributed by atoms with Crippen LogP contribution in [0.4, 0.5) is 4.39 Å². The fourth-order valence-corrected chi connectivity index (χ4v) is 3.78. The highest BCUT2D eigenvalue weighted by atomic mass is 19.1. The number of aryl methyl sites for hydroxylation is 1. The summed E-state index contributed by atoms with van der Waals surface area (Å²) in [5.74, 6) is 0.206. The van der Waals surface area contributed by atoms with Crippen molar-refractivity contribution < 1.29 is 13.9 Å². The number of halogens is 1. The molecule has 2 saturated heterocycles. The van der Waals surface area contributed by atoms with Crippen molar-refractivity contribution in [2.24, 2.45) is 11.8 Å². The molecule has 1 amide bonds. The van der Waals surface area contributed by atoms with Crippen molar-refractivity contribution in [1.82, 2.24) is 10.2 Å². The number of carbonyl (C=O) groups is 1. The van der Waals surface area contributed by atoms with E-state index in [2.05, 4.69) is 17.3 Å². The number of amides is 1. The molecule has 2 atom stereocenters. The van der Waals surface area contributed by atoms with Crippen molar-refractivity contribution in [2.75, 3.05) is 26.7 Å². The van der Waals surface area contributed by atoms with Crippen LogP contribution < -0.4 is 5.32 Å². The molecular formula is C19H27FN2O2. The van der Waals surface area contributed by atoms with Crippen molar-refractivity contribution in [3.63, 3.8) is 0 Å². The molecule has 132 valence electrons. The van der Waals surface area contributed by atoms with Crippen LogP contribution in [0.5, 0.6) is 0 Å². The molecule has 0 bridgehead atoms. The van der Waals surface area contributed by atoms with Gasteiger partial charge in [-0.1, -0.05) is 12.1 Å². The lowest BCUT2D eigenvalue weighted by molar-refractivity contribution is -0.128. The third kappa shape index (κ3) is 3.95. The first kappa shape index (κ1) is 17.4. The van der Waals surface area contributed by atoms with Crippen molar-refractivity contribution in [3.05, 3.63) is 35.1 Å². The van der Waals surface area contributed by atoms with Gasteiger partial charge in [0, 0.05) is 13.2 Å². The van der Waals surface area contributed by atoms with Crippen LogP contribution in [0, 0.1) is 24.6 Å². The van der Waals surface area contributed by atoms with E-state index in [1.165, 1.54) is 6.07 Å². The molecule has 0 radical (unpaired) electrons. The maximum Gasteiger partial charge on any atom is 0.226 e. The van der Waals surface area contributed by atoms with Crippen molar-refractivity contribution >= 4 is 5.91 Å². The molecule has 2 heterocycles. The van der Waals surface area contributed by atoms with E-state index in [0.29, 0.717) is 24.6 Å². The molecule has 1 N–H and O–H groups in total. The van der Waals surface area contributed by atoms with Gasteiger partial charge in [-0.05, 0) is 69.4 Å². The maximum atomic E-state index is 13.6. The van der Waals surface area contributed by atoms with Gasteiger partial charge in [0.1, 0.15) is 5.82 Å². The van der Waals surface area contributed by atoms with Gasteiger partial charge in [-0.15, -0.1) is 0 Å². The van der Waals surface area contributed by atoms with Crippen molar-refractivity contribution in [1.29, 1.82) is 0 Å². The van der Waals surface area contributed by atoms with Gasteiger partial charge in [-0.3, -0.25) is 4.79 Å². The quantitative estimate of drug-likeness (QED) is 0.920. The van der Waals surface area contributed by atoms with Crippen LogP contribution in [0.25, 0.3) is 0 Å². The highest BCUT2D eigenvalue weighted by Crippen LogP contribution is 2.33. The first-order chi connectivity index (χ1) is 11.5. The third-order valence-corrected chi connectivity index (χ3v) is 5.40. The van der Waals surface area contributed by atoms with Gasteiger partial charge in [0.2, 0.25) is 5.91 Å². The number of nitrogens with zero attached hydrogens (tertiary/aromatic N) is 1. The first-order valence-corrected chi connectivity index (χ1v) is 8.87. The highest BCUT2D eigenvalue weighted by Gasteiger charge is 2.39. The molecule has 2 aliphatic heterocycles. The second-order valence-electron chi connectivity index (χ2n) is 7.17. The van der Waals surface area contributed by atoms with E-state index < -0.39 is 0 Å². The van der Waals surface area contributed by atoms with E-state index in [-0.39, 0.29) is 23.7 Å². The molecule has 0 saturated carbocycles. The maximum absolute atomic E-state index is 13.6. The molecule has 0 unspecified atom stereocenters. The molecule has 0 aliphatic carbocycles. The number of ether oxygens (including phenoxy) is 1. The number of likely N-dealkylation sites (tertiary alicyclic amines) is 1. The van der Waals surface area contributed by atoms with Crippen molar-refractivity contribution in [3.8, 4) is 0 Å². The lowest BCUT2D eigenvalue weighted by Crippen LogP contribution is -2.42. The van der Waals surface area contributed by atoms with Crippen LogP contribution in [0.3, 0.4) is 0 Å². The van der Waals surface area contributed by atoms with Crippen LogP contribution in [0.2, 0.25) is 0 Å². The summed E-state index contributed by atoms with van der Waals surface area (Å²) in [6.07, 6.45) is 3.00. The number of hydrogen-bond acceptors (Lipinski definition) is 3. The second kappa shape index (κ2) is 7.62. The molecule has 3 rings (SSSR count). The summed E-state index contributed by atoms with van der Waals surface area (Å²) < 4.78 is 19.5. The van der Waals surface area contributed by atoms with Crippen LogP contribution in [0.15, 0.2) is 18.2 Å². The molecule has 4 nitrogen and oxygen atoms in total. The monoisotopic (exact) mass is 334 g/mol. The molecular weight excluding hydrogens is 307 g/mol. The Morgan fingerprint density at radius 2 is 2.08 bits per heavy atom. The van der Waals surface area contributed by atoms with Crippen LogP contribution >= 0.6 is 0 Å². The molecule has 1 aromatic carbocycles. The Hall–Kier alpha value is -1.46. The summed E-state index contributed by atoms with van der Waals surface area (Å²) in [5, 5.41) is 2.97. The minimum atomic E-state index is -0.227. The van der Waals surface area contributed by atoms with Crippen LogP contribution in [0.1, 0.15) is 30.4 Å². The number of piperidine rings is 1. The van der Waals surface area contributed by atoms with Crippen LogP contribution in [-0.2, 0) is 16.1 Å². The molecule has 2 aliphatic rings. The SMILES string of the molecule is Cc1ccc(CNC(=O)[C@H]2CCO[C@@H]2C2CCN(C)CC2)cc1F. The number of nitrogens with one attached hydrogen (secondary N) is 1. The summed E-state index contributed by atoms with van der Waals surface area (Å²) in [5.41, 5.74) is 1.41. The summed E-state index contributed by atoms with van der Waals surface area (Å²) >= 11 is 0. The first-order valence-electron chi connectivity index (χ1n) is 8.87. The zero-order valence-electron chi connectivity index (χ0n) is 14.6. The lowest BCUT2D eigenvalue weighted by Gasteiger charge is -2.34. The Bertz CT molecular complexity index is 585. The van der Waals surface area contributed by atoms with E-state index in [9.17, 15) is 9.18 Å². The molecule has 1 aromatic rings. The Morgan fingerprint density at radius 3 is 2.79 bits per heavy atom. The molecule has 0 spiro atoms. The fourth-order valence-electron chi connectivity index (χ4n) is 3.78. The number of hydrogen-bond donors (Lipinski definition) is 1. The highest BCUT2D eigenvalue weighted by molar-refractivity contribution is 5.79. The molecule has 0 aromatic heterocycles. The van der Waals surface area contributed by atoms with E-state index in [0.717, 1.165) is 37.9 Å². The summed E-state index contributed by atoms with van der Waals surface area (Å²) in [6.45, 7) is 4.91. The number of benzene rings is 1. The largest absolute Gasteiger partial charge is 0.377 e. The second-order valence-corrected chi connectivity index (χ2v) is 7.17. The van der Waals surface area contributed by atoms with Gasteiger partial charge >= 0.3 is 0 Å². The Kier molecular flexibility index (Phi) is 5.51. The Morgan fingerprint density at radius 1 is 1.33 bits per heavy atom. The summed E-state index contributed by atoms with van der Waals surface area (Å²) in [6, 6.07) is 5.10. The summed E-state index contributed by atoms with van der Waals surface area (Å²) in [7, 11) is 2.14. The fraction of sp³-hybridized carbons (Fsp3) is 0.632. The predicted octanol–water partition coefficient (Wildman–Crippen LogP) is 2.50. The third-order valence-electron chi connectivity index (χ3n) is 5.40. The number of rotatable bonds is 4. The zero-order valence-corrected chi connectivity index (χ0v) is 14.6. The van der Waals surface area contributed by atoms with Gasteiger partial charge in [0.05, 0.1) is 12.0 Å². The Labute approximate surface area is 143 Å². The molecule has 2 fully saturated rings. The normalized spacial score (nSPS) is 25.8. The number of carbonyl (C=O) groups excluding carboxylic acids is 1. The smallest absolute Gasteiger partial charge is 0.226 e. The standard InChI is InChI=1S/C19H27FN2O2/c1-13-3-4-14(11-17(13)20)12-21-19(23)16-7-10-24-18(16)15-5-8-22(2)9-6-15/h3-4,11,15-16,18H,5-10,12H2,1-2H3,(H,21,23)/t16-,18+/m0/s1. The average Bonchev–Trinajstić information content (AvgIpc) is 3.06. The van der Waals surface area contributed by atoms with E-state index >= 15 is 0 Å². The zero-order chi connectivity index (χ0) is 17.1. The van der Waals surface area contributed by atoms with Gasteiger partial charge in [-0.25, -0.2) is 4.39 Å². The Balaban J connectivity index is 1.56. The topological polar surface area (TPSA) is 41.6 Å². The minimum absolute atomic E-state index is 0.0356.